The highest BCUT2D eigenvalue weighted by molar-refractivity contribution is 6.02. The zero-order valence-electron chi connectivity index (χ0n) is 19.3. The number of benzene rings is 2. The fourth-order valence-electron chi connectivity index (χ4n) is 4.81. The molecule has 2 aliphatic rings. The van der Waals surface area contributed by atoms with E-state index in [2.05, 4.69) is 32.4 Å². The number of nitrogens with one attached hydrogen (secondary N) is 2. The summed E-state index contributed by atoms with van der Waals surface area (Å²) in [7, 11) is 0. The summed E-state index contributed by atoms with van der Waals surface area (Å²) in [5.41, 5.74) is 4.50. The van der Waals surface area contributed by atoms with E-state index in [0.29, 0.717) is 60.9 Å². The Bertz CT molecular complexity index is 1510. The molecule has 0 amide bonds. The minimum Gasteiger partial charge on any atom is -0.486 e. The van der Waals surface area contributed by atoms with Gasteiger partial charge in [0.05, 0.1) is 5.39 Å². The number of pyridine rings is 1. The first-order valence-electron chi connectivity index (χ1n) is 11.7. The molecule has 2 aromatic heterocycles. The van der Waals surface area contributed by atoms with Gasteiger partial charge in [-0.1, -0.05) is 35.9 Å². The molecule has 1 aliphatic heterocycles. The number of carbonyl (C=O) groups excluding carboxylic acids is 1. The van der Waals surface area contributed by atoms with Crippen LogP contribution >= 0.6 is 0 Å². The Morgan fingerprint density at radius 2 is 1.83 bits per heavy atom. The van der Waals surface area contributed by atoms with Gasteiger partial charge in [-0.05, 0) is 48.1 Å². The van der Waals surface area contributed by atoms with Crippen LogP contribution in [0.1, 0.15) is 45.0 Å². The minimum absolute atomic E-state index is 0.00596. The lowest BCUT2D eigenvalue weighted by Crippen LogP contribution is -2.23. The molecular weight excluding hydrogens is 444 g/mol. The van der Waals surface area contributed by atoms with E-state index >= 15 is 0 Å². The van der Waals surface area contributed by atoms with Crippen LogP contribution in [0.25, 0.3) is 11.0 Å². The first kappa shape index (κ1) is 21.3. The lowest BCUT2D eigenvalue weighted by Gasteiger charge is -2.24. The molecule has 2 N–H and O–H groups in total. The number of hydrogen-bond acceptors (Lipinski definition) is 7. The summed E-state index contributed by atoms with van der Waals surface area (Å²) in [5, 5.41) is 3.55. The predicted molar refractivity (Wildman–Crippen MR) is 131 cm³/mol. The molecule has 0 spiro atoms. The van der Waals surface area contributed by atoms with Crippen molar-refractivity contribution < 1.29 is 14.3 Å². The zero-order chi connectivity index (χ0) is 23.9. The standard InChI is InChI=1S/C27H24N4O4/c1-15-2-5-17(6-3-15)18-11-19-20(21(32)12-18)14-28-25-24(19)26(33)31-27(30-25)29-13-16-4-7-22-23(10-16)35-9-8-34-22/h2-7,10,14,18H,8-9,11-13H2,1H3,(H2,28,29,30,31,33). The number of ketones is 1. The maximum absolute atomic E-state index is 13.1. The van der Waals surface area contributed by atoms with E-state index in [9.17, 15) is 9.59 Å². The van der Waals surface area contributed by atoms with Crippen molar-refractivity contribution >= 4 is 22.8 Å². The molecule has 8 nitrogen and oxygen atoms in total. The van der Waals surface area contributed by atoms with Crippen LogP contribution in [0.15, 0.2) is 53.5 Å². The Morgan fingerprint density at radius 3 is 2.66 bits per heavy atom. The maximum atomic E-state index is 13.1. The molecule has 2 aromatic carbocycles. The Balaban J connectivity index is 1.29. The molecule has 4 aromatic rings. The number of aryl methyl sites for hydroxylation is 1. The predicted octanol–water partition coefficient (Wildman–Crippen LogP) is 3.92. The largest absolute Gasteiger partial charge is 0.486 e. The van der Waals surface area contributed by atoms with Crippen LogP contribution in [0.5, 0.6) is 11.5 Å². The monoisotopic (exact) mass is 468 g/mol. The number of rotatable bonds is 4. The Kier molecular flexibility index (Phi) is 5.21. The van der Waals surface area contributed by atoms with Crippen LogP contribution in [0.3, 0.4) is 0 Å². The third-order valence-electron chi connectivity index (χ3n) is 6.64. The fraction of sp³-hybridized carbons (Fsp3) is 0.259. The molecule has 3 heterocycles. The van der Waals surface area contributed by atoms with Crippen molar-refractivity contribution in [3.05, 3.63) is 86.8 Å². The highest BCUT2D eigenvalue weighted by atomic mass is 16.6. The second kappa shape index (κ2) is 8.54. The molecule has 35 heavy (non-hydrogen) atoms. The van der Waals surface area contributed by atoms with Crippen LogP contribution in [0.4, 0.5) is 5.95 Å². The quantitative estimate of drug-likeness (QED) is 0.468. The van der Waals surface area contributed by atoms with Crippen molar-refractivity contribution in [1.82, 2.24) is 15.0 Å². The minimum atomic E-state index is -0.304. The highest BCUT2D eigenvalue weighted by Gasteiger charge is 2.29. The van der Waals surface area contributed by atoms with E-state index in [1.807, 2.05) is 37.3 Å². The topological polar surface area (TPSA) is 106 Å². The van der Waals surface area contributed by atoms with Crippen molar-refractivity contribution in [2.24, 2.45) is 0 Å². The number of nitrogens with zero attached hydrogens (tertiary/aromatic N) is 2. The Labute approximate surface area is 201 Å². The van der Waals surface area contributed by atoms with E-state index in [0.717, 1.165) is 22.4 Å². The van der Waals surface area contributed by atoms with Gasteiger partial charge >= 0.3 is 0 Å². The van der Waals surface area contributed by atoms with Crippen LogP contribution < -0.4 is 20.3 Å². The van der Waals surface area contributed by atoms with Gasteiger partial charge in [0.2, 0.25) is 5.95 Å². The van der Waals surface area contributed by atoms with Crippen molar-refractivity contribution in [2.75, 3.05) is 18.5 Å². The molecule has 0 saturated heterocycles. The summed E-state index contributed by atoms with van der Waals surface area (Å²) in [6.45, 7) is 3.53. The third kappa shape index (κ3) is 4.01. The summed E-state index contributed by atoms with van der Waals surface area (Å²) in [6, 6.07) is 13.9. The van der Waals surface area contributed by atoms with Crippen LogP contribution in [0, 0.1) is 6.92 Å². The number of H-pyrrole nitrogens is 1. The number of ether oxygens (including phenoxy) is 2. The number of anilines is 1. The van der Waals surface area contributed by atoms with Crippen molar-refractivity contribution in [3.8, 4) is 11.5 Å². The van der Waals surface area contributed by atoms with E-state index in [1.54, 1.807) is 6.20 Å². The molecule has 8 heteroatoms. The van der Waals surface area contributed by atoms with Crippen molar-refractivity contribution in [1.29, 1.82) is 0 Å². The second-order valence-electron chi connectivity index (χ2n) is 9.03. The summed E-state index contributed by atoms with van der Waals surface area (Å²) >= 11 is 0. The van der Waals surface area contributed by atoms with Crippen molar-refractivity contribution in [3.63, 3.8) is 0 Å². The highest BCUT2D eigenvalue weighted by Crippen LogP contribution is 2.35. The first-order chi connectivity index (χ1) is 17.0. The Hall–Kier alpha value is -4.20. The maximum Gasteiger partial charge on any atom is 0.262 e. The first-order valence-corrected chi connectivity index (χ1v) is 11.7. The number of aromatic nitrogens is 3. The lowest BCUT2D eigenvalue weighted by molar-refractivity contribution is 0.0964. The van der Waals surface area contributed by atoms with E-state index < -0.39 is 0 Å². The van der Waals surface area contributed by atoms with Gasteiger partial charge in [0.1, 0.15) is 13.2 Å². The zero-order valence-corrected chi connectivity index (χ0v) is 19.3. The van der Waals surface area contributed by atoms with Gasteiger partial charge in [-0.3, -0.25) is 14.6 Å². The smallest absolute Gasteiger partial charge is 0.262 e. The Morgan fingerprint density at radius 1 is 1.03 bits per heavy atom. The van der Waals surface area contributed by atoms with Crippen LogP contribution in [0.2, 0.25) is 0 Å². The lowest BCUT2D eigenvalue weighted by atomic mass is 9.79. The average Bonchev–Trinajstić information content (AvgIpc) is 2.87. The average molecular weight is 469 g/mol. The summed E-state index contributed by atoms with van der Waals surface area (Å²) in [6.07, 6.45) is 2.56. The SMILES string of the molecule is Cc1ccc(C2CC(=O)c3cnc4nc(NCc5ccc6c(c5)OCCO6)[nH]c(=O)c4c3C2)cc1. The van der Waals surface area contributed by atoms with Crippen LogP contribution in [-0.4, -0.2) is 33.9 Å². The van der Waals surface area contributed by atoms with Gasteiger partial charge in [-0.2, -0.15) is 4.98 Å². The number of carbonyl (C=O) groups is 1. The fourth-order valence-corrected chi connectivity index (χ4v) is 4.81. The molecule has 1 unspecified atom stereocenters. The van der Waals surface area contributed by atoms with Crippen LogP contribution in [-0.2, 0) is 13.0 Å². The van der Waals surface area contributed by atoms with E-state index in [-0.39, 0.29) is 17.3 Å². The van der Waals surface area contributed by atoms with Gasteiger partial charge in [0.25, 0.3) is 5.56 Å². The summed E-state index contributed by atoms with van der Waals surface area (Å²) in [5.74, 6) is 1.78. The molecule has 0 saturated carbocycles. The summed E-state index contributed by atoms with van der Waals surface area (Å²) in [4.78, 5) is 37.8. The second-order valence-corrected chi connectivity index (χ2v) is 9.03. The third-order valence-corrected chi connectivity index (χ3v) is 6.64. The molecule has 0 radical (unpaired) electrons. The normalized spacial score (nSPS) is 16.7. The number of aromatic amines is 1. The molecule has 0 bridgehead atoms. The molecular formula is C27H24N4O4. The molecule has 176 valence electrons. The molecule has 1 atom stereocenters. The van der Waals surface area contributed by atoms with Gasteiger partial charge in [-0.25, -0.2) is 4.98 Å². The van der Waals surface area contributed by atoms with Gasteiger partial charge in [0.15, 0.2) is 22.9 Å². The molecule has 6 rings (SSSR count). The van der Waals surface area contributed by atoms with Crippen molar-refractivity contribution in [2.45, 2.75) is 32.2 Å². The van der Waals surface area contributed by atoms with Gasteiger partial charge in [0, 0.05) is 24.7 Å². The van der Waals surface area contributed by atoms with E-state index in [4.69, 9.17) is 9.47 Å². The van der Waals surface area contributed by atoms with E-state index in [1.165, 1.54) is 5.56 Å². The molecule has 1 aliphatic carbocycles. The number of fused-ring (bicyclic) bond motifs is 4. The number of hydrogen-bond donors (Lipinski definition) is 2. The summed E-state index contributed by atoms with van der Waals surface area (Å²) < 4.78 is 11.2. The van der Waals surface area contributed by atoms with Gasteiger partial charge in [-0.15, -0.1) is 0 Å². The number of Topliss-reactive ketones (excluding diaryl/α,β-unsaturated/α-hetero) is 1. The molecule has 0 fully saturated rings. The van der Waals surface area contributed by atoms with Gasteiger partial charge < -0.3 is 14.8 Å².